The lowest BCUT2D eigenvalue weighted by atomic mass is 10.1. The lowest BCUT2D eigenvalue weighted by Gasteiger charge is -2.21. The molecular formula is C25H20ClN5O5S. The number of allylic oxidation sites excluding steroid dienone is 1. The van der Waals surface area contributed by atoms with E-state index in [1.165, 1.54) is 12.1 Å². The molecule has 0 radical (unpaired) electrons. The number of imide groups is 1. The molecule has 0 saturated carbocycles. The Labute approximate surface area is 217 Å². The number of para-hydroxylation sites is 2. The van der Waals surface area contributed by atoms with Gasteiger partial charge in [-0.05, 0) is 42.8 Å². The van der Waals surface area contributed by atoms with Crippen molar-refractivity contribution in [2.75, 3.05) is 16.8 Å². The van der Waals surface area contributed by atoms with Gasteiger partial charge < -0.3 is 15.0 Å². The van der Waals surface area contributed by atoms with Crippen molar-refractivity contribution in [3.63, 3.8) is 0 Å². The van der Waals surface area contributed by atoms with Crippen LogP contribution in [0, 0.1) is 11.3 Å². The summed E-state index contributed by atoms with van der Waals surface area (Å²) in [5.41, 5.74) is 2.06. The molecule has 0 bridgehead atoms. The molecule has 10 nitrogen and oxygen atoms in total. The first-order valence-electron chi connectivity index (χ1n) is 11.2. The SMILES string of the molecule is Cn1c(C(C#N)=C(O)c2ccc(NC3=C(Cl)C(=O)N(C4CCS(=O)(=O)C4)C3=O)cc2)nc2ccccc21. The number of hydrogen-bond donors (Lipinski definition) is 2. The predicted molar refractivity (Wildman–Crippen MR) is 138 cm³/mol. The first-order chi connectivity index (χ1) is 17.6. The highest BCUT2D eigenvalue weighted by molar-refractivity contribution is 7.91. The van der Waals surface area contributed by atoms with Crippen LogP contribution in [0.25, 0.3) is 22.4 Å². The van der Waals surface area contributed by atoms with Gasteiger partial charge in [0.25, 0.3) is 11.8 Å². The molecule has 2 aliphatic rings. The maximum absolute atomic E-state index is 12.9. The molecule has 0 spiro atoms. The molecule has 1 aromatic heterocycles. The largest absolute Gasteiger partial charge is 0.506 e. The molecule has 2 aromatic carbocycles. The maximum atomic E-state index is 12.9. The molecule has 12 heteroatoms. The van der Waals surface area contributed by atoms with Crippen molar-refractivity contribution in [2.45, 2.75) is 12.5 Å². The van der Waals surface area contributed by atoms with Gasteiger partial charge in [0.2, 0.25) is 0 Å². The molecule has 37 heavy (non-hydrogen) atoms. The molecule has 0 aliphatic carbocycles. The number of carbonyl (C=O) groups is 2. The second kappa shape index (κ2) is 9.06. The van der Waals surface area contributed by atoms with Crippen LogP contribution >= 0.6 is 11.6 Å². The Kier molecular flexibility index (Phi) is 6.01. The number of nitrogens with zero attached hydrogens (tertiary/aromatic N) is 4. The molecule has 1 unspecified atom stereocenters. The third kappa shape index (κ3) is 4.24. The highest BCUT2D eigenvalue weighted by atomic mass is 35.5. The number of sulfone groups is 1. The number of aliphatic hydroxyl groups excluding tert-OH is 1. The lowest BCUT2D eigenvalue weighted by Crippen LogP contribution is -2.42. The monoisotopic (exact) mass is 537 g/mol. The Balaban J connectivity index is 1.39. The number of imidazole rings is 1. The average molecular weight is 538 g/mol. The number of nitriles is 1. The zero-order chi connectivity index (χ0) is 26.5. The van der Waals surface area contributed by atoms with Gasteiger partial charge in [-0.25, -0.2) is 13.4 Å². The third-order valence-electron chi connectivity index (χ3n) is 6.42. The number of carbonyl (C=O) groups excluding carboxylic acids is 2. The van der Waals surface area contributed by atoms with Crippen LogP contribution in [0.4, 0.5) is 5.69 Å². The number of halogens is 1. The van der Waals surface area contributed by atoms with Crippen LogP contribution in [0.2, 0.25) is 0 Å². The van der Waals surface area contributed by atoms with Crippen LogP contribution in [-0.2, 0) is 26.5 Å². The van der Waals surface area contributed by atoms with Crippen LogP contribution in [0.15, 0.2) is 59.3 Å². The Morgan fingerprint density at radius 3 is 2.49 bits per heavy atom. The Hall–Kier alpha value is -4.14. The van der Waals surface area contributed by atoms with E-state index >= 15 is 0 Å². The number of anilines is 1. The molecule has 1 fully saturated rings. The van der Waals surface area contributed by atoms with Crippen molar-refractivity contribution in [1.82, 2.24) is 14.5 Å². The molecule has 2 amide bonds. The van der Waals surface area contributed by atoms with Gasteiger partial charge in [-0.3, -0.25) is 14.5 Å². The summed E-state index contributed by atoms with van der Waals surface area (Å²) in [5, 5.41) is 23.1. The average Bonchev–Trinajstić information content (AvgIpc) is 3.47. The van der Waals surface area contributed by atoms with Crippen LogP contribution in [0.5, 0.6) is 0 Å². The molecule has 2 N–H and O–H groups in total. The summed E-state index contributed by atoms with van der Waals surface area (Å²) in [6, 6.07) is 14.8. The zero-order valence-electron chi connectivity index (χ0n) is 19.5. The van der Waals surface area contributed by atoms with Gasteiger partial charge in [0.1, 0.15) is 28.1 Å². The van der Waals surface area contributed by atoms with Crippen molar-refractivity contribution in [1.29, 1.82) is 5.26 Å². The first-order valence-corrected chi connectivity index (χ1v) is 13.4. The summed E-state index contributed by atoms with van der Waals surface area (Å²) < 4.78 is 25.4. The molecule has 1 saturated heterocycles. The fourth-order valence-electron chi connectivity index (χ4n) is 4.52. The number of benzene rings is 2. The number of aromatic nitrogens is 2. The number of amides is 2. The summed E-state index contributed by atoms with van der Waals surface area (Å²) in [6.07, 6.45) is 0.171. The van der Waals surface area contributed by atoms with E-state index in [9.17, 15) is 28.4 Å². The van der Waals surface area contributed by atoms with Crippen LogP contribution in [0.1, 0.15) is 17.8 Å². The van der Waals surface area contributed by atoms with Crippen molar-refractivity contribution in [3.8, 4) is 6.07 Å². The van der Waals surface area contributed by atoms with E-state index in [4.69, 9.17) is 11.6 Å². The number of aliphatic hydroxyl groups is 1. The van der Waals surface area contributed by atoms with Crippen LogP contribution < -0.4 is 5.32 Å². The van der Waals surface area contributed by atoms with E-state index in [1.807, 2.05) is 30.3 Å². The van der Waals surface area contributed by atoms with E-state index in [-0.39, 0.29) is 40.0 Å². The van der Waals surface area contributed by atoms with Crippen molar-refractivity contribution in [3.05, 3.63) is 70.6 Å². The minimum atomic E-state index is -3.31. The van der Waals surface area contributed by atoms with Gasteiger partial charge in [0.05, 0.1) is 28.6 Å². The van der Waals surface area contributed by atoms with Crippen molar-refractivity contribution < 1.29 is 23.1 Å². The topological polar surface area (TPSA) is 145 Å². The maximum Gasteiger partial charge on any atom is 0.279 e. The van der Waals surface area contributed by atoms with E-state index in [0.717, 1.165) is 10.4 Å². The van der Waals surface area contributed by atoms with E-state index in [1.54, 1.807) is 23.7 Å². The van der Waals surface area contributed by atoms with Crippen molar-refractivity contribution in [2.24, 2.45) is 7.05 Å². The lowest BCUT2D eigenvalue weighted by molar-refractivity contribution is -0.139. The Morgan fingerprint density at radius 1 is 1.16 bits per heavy atom. The van der Waals surface area contributed by atoms with Gasteiger partial charge in [0.15, 0.2) is 15.7 Å². The van der Waals surface area contributed by atoms with Crippen molar-refractivity contribution >= 4 is 61.3 Å². The van der Waals surface area contributed by atoms with Gasteiger partial charge in [0, 0.05) is 18.3 Å². The van der Waals surface area contributed by atoms with Crippen LogP contribution in [0.3, 0.4) is 0 Å². The second-order valence-electron chi connectivity index (χ2n) is 8.75. The predicted octanol–water partition coefficient (Wildman–Crippen LogP) is 2.94. The summed E-state index contributed by atoms with van der Waals surface area (Å²) in [4.78, 5) is 30.9. The molecular weight excluding hydrogens is 518 g/mol. The van der Waals surface area contributed by atoms with Crippen LogP contribution in [-0.4, -0.2) is 57.3 Å². The fraction of sp³-hybridized carbons (Fsp3) is 0.200. The summed E-state index contributed by atoms with van der Waals surface area (Å²) >= 11 is 6.14. The van der Waals surface area contributed by atoms with Gasteiger partial charge in [-0.2, -0.15) is 5.26 Å². The molecule has 5 rings (SSSR count). The van der Waals surface area contributed by atoms with Gasteiger partial charge in [-0.15, -0.1) is 0 Å². The van der Waals surface area contributed by atoms with Gasteiger partial charge >= 0.3 is 0 Å². The number of nitrogens with one attached hydrogen (secondary N) is 1. The van der Waals surface area contributed by atoms with E-state index in [2.05, 4.69) is 10.3 Å². The minimum Gasteiger partial charge on any atom is -0.506 e. The van der Waals surface area contributed by atoms with Gasteiger partial charge in [-0.1, -0.05) is 23.7 Å². The molecule has 3 aromatic rings. The summed E-state index contributed by atoms with van der Waals surface area (Å²) in [7, 11) is -1.56. The molecule has 1 atom stereocenters. The number of aryl methyl sites for hydroxylation is 1. The fourth-order valence-corrected chi connectivity index (χ4v) is 6.44. The molecule has 3 heterocycles. The second-order valence-corrected chi connectivity index (χ2v) is 11.4. The summed E-state index contributed by atoms with van der Waals surface area (Å²) in [6.45, 7) is 0. The zero-order valence-corrected chi connectivity index (χ0v) is 21.0. The normalized spacial score (nSPS) is 19.9. The quantitative estimate of drug-likeness (QED) is 0.287. The highest BCUT2D eigenvalue weighted by Gasteiger charge is 2.45. The minimum absolute atomic E-state index is 0.0103. The third-order valence-corrected chi connectivity index (χ3v) is 8.52. The number of hydrogen-bond acceptors (Lipinski definition) is 8. The van der Waals surface area contributed by atoms with E-state index in [0.29, 0.717) is 22.6 Å². The first kappa shape index (κ1) is 24.5. The standard InChI is InChI=1S/C25H20ClN5O5S/c1-30-19-5-3-2-4-18(19)29-23(30)17(12-27)22(32)14-6-8-15(9-7-14)28-21-20(26)24(33)31(25(21)34)16-10-11-37(35,36)13-16/h2-9,16,28,32H,10-11,13H2,1H3. The molecule has 2 aliphatic heterocycles. The summed E-state index contributed by atoms with van der Waals surface area (Å²) in [5.74, 6) is -1.77. The number of fused-ring (bicyclic) bond motifs is 1. The van der Waals surface area contributed by atoms with E-state index < -0.39 is 27.7 Å². The molecule has 188 valence electrons. The smallest absolute Gasteiger partial charge is 0.279 e. The Bertz CT molecular complexity index is 1680. The Morgan fingerprint density at radius 2 is 1.86 bits per heavy atom. The highest BCUT2D eigenvalue weighted by Crippen LogP contribution is 2.31. The number of rotatable bonds is 5.